The van der Waals surface area contributed by atoms with E-state index in [0.29, 0.717) is 30.5 Å². The number of anilines is 1. The summed E-state index contributed by atoms with van der Waals surface area (Å²) in [6.45, 7) is 9.35. The van der Waals surface area contributed by atoms with Gasteiger partial charge in [-0.2, -0.15) is 0 Å². The number of piperazine rings is 1. The van der Waals surface area contributed by atoms with Gasteiger partial charge in [0.25, 0.3) is 0 Å². The van der Waals surface area contributed by atoms with E-state index in [1.165, 1.54) is 10.4 Å². The van der Waals surface area contributed by atoms with Crippen LogP contribution in [0.5, 0.6) is 0 Å². The summed E-state index contributed by atoms with van der Waals surface area (Å²) in [7, 11) is 0. The molecule has 0 saturated carbocycles. The number of rotatable bonds is 4. The lowest BCUT2D eigenvalue weighted by Crippen LogP contribution is -2.49. The third-order valence-corrected chi connectivity index (χ3v) is 9.37. The number of nitrogens with zero attached hydrogens (tertiary/aromatic N) is 6. The molecule has 2 aromatic carbocycles. The Bertz CT molecular complexity index is 1720. The zero-order chi connectivity index (χ0) is 29.4. The van der Waals surface area contributed by atoms with E-state index >= 15 is 0 Å². The van der Waals surface area contributed by atoms with Gasteiger partial charge in [-0.3, -0.25) is 14.4 Å². The molecule has 2 aliphatic rings. The van der Waals surface area contributed by atoms with Crippen molar-refractivity contribution in [1.29, 1.82) is 0 Å². The first-order valence-electron chi connectivity index (χ1n) is 14.0. The van der Waals surface area contributed by atoms with E-state index in [2.05, 4.69) is 57.5 Å². The molecule has 0 aliphatic carbocycles. The highest BCUT2D eigenvalue weighted by Crippen LogP contribution is 2.39. The van der Waals surface area contributed by atoms with Crippen molar-refractivity contribution in [2.45, 2.75) is 33.2 Å². The molecule has 0 spiro atoms. The largest absolute Gasteiger partial charge is 0.368 e. The Morgan fingerprint density at radius 3 is 2.40 bits per heavy atom. The number of carbonyl (C=O) groups excluding carboxylic acids is 1. The lowest BCUT2D eigenvalue weighted by molar-refractivity contribution is -0.131. The highest BCUT2D eigenvalue weighted by atomic mass is 35.5. The summed E-state index contributed by atoms with van der Waals surface area (Å²) in [4.78, 5) is 24.5. The third-order valence-electron chi connectivity index (χ3n) is 7.92. The molecule has 11 heteroatoms. The number of benzene rings is 2. The number of aliphatic imine (C=N–C) groups is 1. The van der Waals surface area contributed by atoms with Crippen LogP contribution in [0.25, 0.3) is 5.00 Å². The number of fused-ring (bicyclic) bond motifs is 3. The fraction of sp³-hybridized carbons (Fsp3) is 0.312. The van der Waals surface area contributed by atoms with Gasteiger partial charge in [-0.05, 0) is 62.7 Å². The predicted octanol–water partition coefficient (Wildman–Crippen LogP) is 5.27. The van der Waals surface area contributed by atoms with Gasteiger partial charge in [0, 0.05) is 58.5 Å². The standard InChI is InChI=1S/C32H32ClN7OS.ClH/c1-20-21(2)42-32-29(20)30(24-8-10-25(33)11-9-24)35-27(31-37-36-22(3)40(31)32)19-28(41)39-17-15-38(16-18-39)26-12-6-23(7-13-26)5-4-14-34;/h6-13,27H,14-19,34H2,1-3H3;1H/t27-;/m0./s1. The summed E-state index contributed by atoms with van der Waals surface area (Å²) >= 11 is 7.94. The number of aryl methyl sites for hydroxylation is 2. The van der Waals surface area contributed by atoms with Gasteiger partial charge in [0.05, 0.1) is 18.7 Å². The Labute approximate surface area is 267 Å². The van der Waals surface area contributed by atoms with Crippen molar-refractivity contribution in [3.05, 3.63) is 92.3 Å². The highest BCUT2D eigenvalue weighted by Gasteiger charge is 2.33. The van der Waals surface area contributed by atoms with E-state index < -0.39 is 6.04 Å². The van der Waals surface area contributed by atoms with Crippen molar-refractivity contribution in [3.8, 4) is 16.8 Å². The molecule has 222 valence electrons. The Balaban J connectivity index is 0.00000368. The average molecular weight is 635 g/mol. The minimum Gasteiger partial charge on any atom is -0.368 e. The van der Waals surface area contributed by atoms with E-state index in [0.717, 1.165) is 52.0 Å². The average Bonchev–Trinajstić information content (AvgIpc) is 3.48. The molecule has 1 fully saturated rings. The van der Waals surface area contributed by atoms with E-state index in [4.69, 9.17) is 22.3 Å². The molecular formula is C32H33Cl2N7OS. The molecule has 1 amide bonds. The van der Waals surface area contributed by atoms with Gasteiger partial charge in [-0.1, -0.05) is 35.6 Å². The number of amides is 1. The van der Waals surface area contributed by atoms with Crippen LogP contribution in [-0.2, 0) is 4.79 Å². The second-order valence-electron chi connectivity index (χ2n) is 10.5. The lowest BCUT2D eigenvalue weighted by atomic mass is 9.99. The van der Waals surface area contributed by atoms with Crippen LogP contribution in [0, 0.1) is 32.6 Å². The molecule has 4 heterocycles. The number of hydrogen-bond acceptors (Lipinski definition) is 7. The van der Waals surface area contributed by atoms with E-state index in [1.807, 2.05) is 48.2 Å². The summed E-state index contributed by atoms with van der Waals surface area (Å²) in [5, 5.41) is 10.7. The maximum atomic E-state index is 13.7. The molecule has 2 aliphatic heterocycles. The molecule has 8 nitrogen and oxygen atoms in total. The first-order chi connectivity index (χ1) is 20.3. The number of thiophene rings is 1. The number of hydrogen-bond donors (Lipinski definition) is 1. The molecule has 1 saturated heterocycles. The molecule has 1 atom stereocenters. The van der Waals surface area contributed by atoms with Crippen LogP contribution in [0.1, 0.15) is 51.2 Å². The quantitative estimate of drug-likeness (QED) is 0.309. The first-order valence-corrected chi connectivity index (χ1v) is 15.2. The Morgan fingerprint density at radius 1 is 1.02 bits per heavy atom. The van der Waals surface area contributed by atoms with Crippen LogP contribution >= 0.6 is 35.3 Å². The minimum absolute atomic E-state index is 0. The van der Waals surface area contributed by atoms with Crippen LogP contribution in [0.3, 0.4) is 0 Å². The van der Waals surface area contributed by atoms with Crippen LogP contribution in [0.2, 0.25) is 5.02 Å². The van der Waals surface area contributed by atoms with Gasteiger partial charge in [-0.15, -0.1) is 33.9 Å². The SMILES string of the molecule is Cc1sc2c(c1C)C(c1ccc(Cl)cc1)=N[C@@H](CC(=O)N1CCN(c3ccc(C#CCN)cc3)CC1)c1nnc(C)n1-2.Cl. The summed E-state index contributed by atoms with van der Waals surface area (Å²) in [5.74, 6) is 7.49. The topological polar surface area (TPSA) is 92.6 Å². The Hall–Kier alpha value is -3.68. The van der Waals surface area contributed by atoms with Crippen LogP contribution < -0.4 is 10.6 Å². The first kappa shape index (κ1) is 30.8. The smallest absolute Gasteiger partial charge is 0.225 e. The second-order valence-corrected chi connectivity index (χ2v) is 12.2. The van der Waals surface area contributed by atoms with Gasteiger partial charge in [-0.25, -0.2) is 0 Å². The molecule has 2 aromatic heterocycles. The number of aromatic nitrogens is 3. The van der Waals surface area contributed by atoms with Gasteiger partial charge in [0.1, 0.15) is 16.9 Å². The summed E-state index contributed by atoms with van der Waals surface area (Å²) in [5.41, 5.74) is 11.6. The second kappa shape index (κ2) is 12.9. The molecule has 2 N–H and O–H groups in total. The van der Waals surface area contributed by atoms with Gasteiger partial charge >= 0.3 is 0 Å². The maximum Gasteiger partial charge on any atom is 0.225 e. The van der Waals surface area contributed by atoms with Gasteiger partial charge in [0.15, 0.2) is 5.82 Å². The lowest BCUT2D eigenvalue weighted by Gasteiger charge is -2.36. The fourth-order valence-corrected chi connectivity index (χ4v) is 6.89. The Morgan fingerprint density at radius 2 is 1.72 bits per heavy atom. The van der Waals surface area contributed by atoms with E-state index in [-0.39, 0.29) is 24.7 Å². The number of nitrogens with two attached hydrogens (primary N) is 1. The molecule has 0 bridgehead atoms. The third kappa shape index (κ3) is 6.06. The van der Waals surface area contributed by atoms with E-state index in [9.17, 15) is 4.79 Å². The van der Waals surface area contributed by atoms with Crippen molar-refractivity contribution in [3.63, 3.8) is 0 Å². The summed E-state index contributed by atoms with van der Waals surface area (Å²) < 4.78 is 2.09. The van der Waals surface area contributed by atoms with Crippen molar-refractivity contribution in [2.75, 3.05) is 37.6 Å². The molecule has 4 aromatic rings. The normalized spacial score (nSPS) is 15.8. The van der Waals surface area contributed by atoms with Crippen LogP contribution in [-0.4, -0.2) is 64.0 Å². The number of halogens is 2. The zero-order valence-corrected chi connectivity index (χ0v) is 26.7. The summed E-state index contributed by atoms with van der Waals surface area (Å²) in [6, 6.07) is 15.5. The Kier molecular flexibility index (Phi) is 9.23. The fourth-order valence-electron chi connectivity index (χ4n) is 5.55. The van der Waals surface area contributed by atoms with Crippen molar-refractivity contribution < 1.29 is 4.79 Å². The molecular weight excluding hydrogens is 601 g/mol. The monoisotopic (exact) mass is 633 g/mol. The van der Waals surface area contributed by atoms with Crippen LogP contribution in [0.4, 0.5) is 5.69 Å². The van der Waals surface area contributed by atoms with Crippen molar-refractivity contribution in [1.82, 2.24) is 19.7 Å². The molecule has 0 unspecified atom stereocenters. The summed E-state index contributed by atoms with van der Waals surface area (Å²) in [6.07, 6.45) is 0.219. The molecule has 43 heavy (non-hydrogen) atoms. The van der Waals surface area contributed by atoms with E-state index in [1.54, 1.807) is 11.3 Å². The maximum absolute atomic E-state index is 13.7. The van der Waals surface area contributed by atoms with Gasteiger partial charge < -0.3 is 15.5 Å². The van der Waals surface area contributed by atoms with Crippen molar-refractivity contribution in [2.24, 2.45) is 10.7 Å². The number of carbonyl (C=O) groups is 1. The highest BCUT2D eigenvalue weighted by molar-refractivity contribution is 7.15. The molecule has 0 radical (unpaired) electrons. The van der Waals surface area contributed by atoms with Crippen LogP contribution in [0.15, 0.2) is 53.5 Å². The predicted molar refractivity (Wildman–Crippen MR) is 176 cm³/mol. The van der Waals surface area contributed by atoms with Gasteiger partial charge in [0.2, 0.25) is 5.91 Å². The zero-order valence-electron chi connectivity index (χ0n) is 24.3. The molecule has 6 rings (SSSR count). The van der Waals surface area contributed by atoms with Crippen molar-refractivity contribution >= 4 is 52.7 Å². The minimum atomic E-state index is -0.469.